The van der Waals surface area contributed by atoms with Crippen LogP contribution in [-0.4, -0.2) is 25.7 Å². The molecule has 1 N–H and O–H groups in total. The van der Waals surface area contributed by atoms with Crippen LogP contribution in [0.4, 0.5) is 0 Å². The highest BCUT2D eigenvalue weighted by Crippen LogP contribution is 2.19. The molecule has 96 valence electrons. The van der Waals surface area contributed by atoms with Crippen LogP contribution in [0.25, 0.3) is 11.0 Å². The molecule has 0 saturated carbocycles. The average molecular weight is 247 g/mol. The molecule has 1 aromatic heterocycles. The van der Waals surface area contributed by atoms with Gasteiger partial charge in [0.2, 0.25) is 5.91 Å². The van der Waals surface area contributed by atoms with E-state index in [0.29, 0.717) is 6.42 Å². The molecule has 0 saturated heterocycles. The SMILES string of the molecule is COCC(=O)N[C@H](C)Cc1cc2ccccc2o1. The second-order valence-electron chi connectivity index (χ2n) is 4.36. The van der Waals surface area contributed by atoms with Crippen LogP contribution >= 0.6 is 0 Å². The highest BCUT2D eigenvalue weighted by atomic mass is 16.5. The fourth-order valence-corrected chi connectivity index (χ4v) is 1.94. The summed E-state index contributed by atoms with van der Waals surface area (Å²) in [5, 5.41) is 3.94. The molecule has 0 radical (unpaired) electrons. The summed E-state index contributed by atoms with van der Waals surface area (Å²) >= 11 is 0. The molecule has 1 aromatic carbocycles. The molecule has 0 spiro atoms. The summed E-state index contributed by atoms with van der Waals surface area (Å²) < 4.78 is 10.5. The second kappa shape index (κ2) is 5.69. The first-order valence-corrected chi connectivity index (χ1v) is 5.95. The molecule has 4 heteroatoms. The van der Waals surface area contributed by atoms with Crippen LogP contribution in [0.3, 0.4) is 0 Å². The van der Waals surface area contributed by atoms with Crippen molar-refractivity contribution in [3.05, 3.63) is 36.1 Å². The van der Waals surface area contributed by atoms with E-state index < -0.39 is 0 Å². The average Bonchev–Trinajstić information content (AvgIpc) is 2.70. The predicted octanol–water partition coefficient (Wildman–Crippen LogP) is 2.13. The van der Waals surface area contributed by atoms with E-state index >= 15 is 0 Å². The molecule has 1 atom stereocenters. The van der Waals surface area contributed by atoms with Gasteiger partial charge in [-0.1, -0.05) is 18.2 Å². The van der Waals surface area contributed by atoms with Crippen LogP contribution in [0.2, 0.25) is 0 Å². The van der Waals surface area contributed by atoms with Crippen molar-refractivity contribution in [3.8, 4) is 0 Å². The smallest absolute Gasteiger partial charge is 0.246 e. The number of rotatable bonds is 5. The largest absolute Gasteiger partial charge is 0.461 e. The van der Waals surface area contributed by atoms with Gasteiger partial charge in [0.25, 0.3) is 0 Å². The number of methoxy groups -OCH3 is 1. The van der Waals surface area contributed by atoms with E-state index in [1.54, 1.807) is 0 Å². The van der Waals surface area contributed by atoms with Gasteiger partial charge in [-0.25, -0.2) is 0 Å². The van der Waals surface area contributed by atoms with E-state index in [4.69, 9.17) is 9.15 Å². The fourth-order valence-electron chi connectivity index (χ4n) is 1.94. The summed E-state index contributed by atoms with van der Waals surface area (Å²) in [6.07, 6.45) is 0.671. The van der Waals surface area contributed by atoms with Crippen LogP contribution in [0.5, 0.6) is 0 Å². The number of furan rings is 1. The highest BCUT2D eigenvalue weighted by molar-refractivity contribution is 5.78. The molecule has 1 heterocycles. The molecule has 2 rings (SSSR count). The van der Waals surface area contributed by atoms with Crippen molar-refractivity contribution in [1.29, 1.82) is 0 Å². The molecule has 0 aliphatic rings. The summed E-state index contributed by atoms with van der Waals surface area (Å²) in [5.41, 5.74) is 0.878. The maximum atomic E-state index is 11.3. The lowest BCUT2D eigenvalue weighted by Crippen LogP contribution is -2.36. The predicted molar refractivity (Wildman–Crippen MR) is 69.4 cm³/mol. The second-order valence-corrected chi connectivity index (χ2v) is 4.36. The van der Waals surface area contributed by atoms with Gasteiger partial charge < -0.3 is 14.5 Å². The number of benzene rings is 1. The zero-order valence-electron chi connectivity index (χ0n) is 10.6. The minimum Gasteiger partial charge on any atom is -0.461 e. The quantitative estimate of drug-likeness (QED) is 0.880. The van der Waals surface area contributed by atoms with E-state index in [2.05, 4.69) is 5.32 Å². The first kappa shape index (κ1) is 12.6. The zero-order valence-corrected chi connectivity index (χ0v) is 10.6. The van der Waals surface area contributed by atoms with Gasteiger partial charge in [0.15, 0.2) is 0 Å². The molecule has 2 aromatic rings. The Bertz CT molecular complexity index is 500. The number of amides is 1. The molecular formula is C14H17NO3. The van der Waals surface area contributed by atoms with Crippen LogP contribution in [0, 0.1) is 0 Å². The number of nitrogens with one attached hydrogen (secondary N) is 1. The monoisotopic (exact) mass is 247 g/mol. The van der Waals surface area contributed by atoms with E-state index in [9.17, 15) is 4.79 Å². The number of fused-ring (bicyclic) bond motifs is 1. The van der Waals surface area contributed by atoms with Crippen LogP contribution in [-0.2, 0) is 16.0 Å². The lowest BCUT2D eigenvalue weighted by molar-refractivity contribution is -0.125. The summed E-state index contributed by atoms with van der Waals surface area (Å²) in [7, 11) is 1.50. The molecule has 0 bridgehead atoms. The van der Waals surface area contributed by atoms with Gasteiger partial charge in [-0.05, 0) is 19.1 Å². The molecule has 0 unspecified atom stereocenters. The standard InChI is InChI=1S/C14H17NO3/c1-10(15-14(16)9-17-2)7-12-8-11-5-3-4-6-13(11)18-12/h3-6,8,10H,7,9H2,1-2H3,(H,15,16)/t10-/m1/s1. The third kappa shape index (κ3) is 3.11. The lowest BCUT2D eigenvalue weighted by Gasteiger charge is -2.11. The van der Waals surface area contributed by atoms with E-state index in [0.717, 1.165) is 16.7 Å². The molecule has 0 aliphatic carbocycles. The Morgan fingerprint density at radius 3 is 2.94 bits per heavy atom. The van der Waals surface area contributed by atoms with Crippen LogP contribution < -0.4 is 5.32 Å². The van der Waals surface area contributed by atoms with Gasteiger partial charge in [0, 0.05) is 25.0 Å². The van der Waals surface area contributed by atoms with Gasteiger partial charge in [-0.15, -0.1) is 0 Å². The lowest BCUT2D eigenvalue weighted by atomic mass is 10.2. The van der Waals surface area contributed by atoms with Crippen molar-refractivity contribution in [3.63, 3.8) is 0 Å². The van der Waals surface area contributed by atoms with Crippen molar-refractivity contribution >= 4 is 16.9 Å². The topological polar surface area (TPSA) is 51.5 Å². The first-order chi connectivity index (χ1) is 8.69. The van der Waals surface area contributed by atoms with Gasteiger partial charge in [0.1, 0.15) is 18.0 Å². The van der Waals surface area contributed by atoms with Gasteiger partial charge in [-0.3, -0.25) is 4.79 Å². The normalized spacial score (nSPS) is 12.6. The number of hydrogen-bond donors (Lipinski definition) is 1. The fraction of sp³-hybridized carbons (Fsp3) is 0.357. The Morgan fingerprint density at radius 1 is 1.44 bits per heavy atom. The van der Waals surface area contributed by atoms with Crippen molar-refractivity contribution in [2.24, 2.45) is 0 Å². The highest BCUT2D eigenvalue weighted by Gasteiger charge is 2.10. The Morgan fingerprint density at radius 2 is 2.22 bits per heavy atom. The third-order valence-electron chi connectivity index (χ3n) is 2.67. The maximum Gasteiger partial charge on any atom is 0.246 e. The van der Waals surface area contributed by atoms with Crippen molar-refractivity contribution in [2.45, 2.75) is 19.4 Å². The summed E-state index contributed by atoms with van der Waals surface area (Å²) in [5.74, 6) is 0.766. The number of carbonyl (C=O) groups excluding carboxylic acids is 1. The van der Waals surface area contributed by atoms with Gasteiger partial charge in [-0.2, -0.15) is 0 Å². The van der Waals surface area contributed by atoms with Crippen molar-refractivity contribution < 1.29 is 13.9 Å². The number of carbonyl (C=O) groups is 1. The van der Waals surface area contributed by atoms with E-state index in [-0.39, 0.29) is 18.6 Å². The molecule has 1 amide bonds. The van der Waals surface area contributed by atoms with Crippen LogP contribution in [0.1, 0.15) is 12.7 Å². The van der Waals surface area contributed by atoms with E-state index in [1.165, 1.54) is 7.11 Å². The van der Waals surface area contributed by atoms with Crippen molar-refractivity contribution in [1.82, 2.24) is 5.32 Å². The number of ether oxygens (including phenoxy) is 1. The summed E-state index contributed by atoms with van der Waals surface area (Å²) in [6.45, 7) is 2.03. The molecule has 18 heavy (non-hydrogen) atoms. The van der Waals surface area contributed by atoms with Crippen molar-refractivity contribution in [2.75, 3.05) is 13.7 Å². The third-order valence-corrected chi connectivity index (χ3v) is 2.67. The van der Waals surface area contributed by atoms with E-state index in [1.807, 2.05) is 37.3 Å². The van der Waals surface area contributed by atoms with Gasteiger partial charge in [0.05, 0.1) is 0 Å². The number of hydrogen-bond acceptors (Lipinski definition) is 3. The Balaban J connectivity index is 1.98. The minimum atomic E-state index is -0.110. The number of para-hydroxylation sites is 1. The Hall–Kier alpha value is -1.81. The molecule has 0 aliphatic heterocycles. The minimum absolute atomic E-state index is 0.0215. The molecular weight excluding hydrogens is 230 g/mol. The first-order valence-electron chi connectivity index (χ1n) is 5.95. The Labute approximate surface area is 106 Å². The molecule has 0 fully saturated rings. The summed E-state index contributed by atoms with van der Waals surface area (Å²) in [6, 6.07) is 9.90. The summed E-state index contributed by atoms with van der Waals surface area (Å²) in [4.78, 5) is 11.3. The molecule has 4 nitrogen and oxygen atoms in total. The zero-order chi connectivity index (χ0) is 13.0. The van der Waals surface area contributed by atoms with Crippen LogP contribution in [0.15, 0.2) is 34.7 Å². The maximum absolute atomic E-state index is 11.3. The Kier molecular flexibility index (Phi) is 3.99. The van der Waals surface area contributed by atoms with Gasteiger partial charge >= 0.3 is 0 Å².